The molecule has 0 N–H and O–H groups in total. The fourth-order valence-electron chi connectivity index (χ4n) is 4.08. The number of unbranched alkanes of at least 4 members (excludes halogenated alkanes) is 2. The number of ether oxygens (including phenoxy) is 1. The number of aryl methyl sites for hydroxylation is 2. The number of hydrogen-bond acceptors (Lipinski definition) is 3. The van der Waals surface area contributed by atoms with Gasteiger partial charge in [0.1, 0.15) is 18.2 Å². The van der Waals surface area contributed by atoms with Crippen molar-refractivity contribution in [1.29, 1.82) is 0 Å². The van der Waals surface area contributed by atoms with E-state index in [1.54, 1.807) is 0 Å². The highest BCUT2D eigenvalue weighted by Crippen LogP contribution is 2.25. The molecule has 5 heteroatoms. The molecule has 1 aromatic heterocycles. The maximum atomic E-state index is 6.33. The first-order chi connectivity index (χ1) is 15.5. The molecular weight excluding hydrogens is 418 g/mol. The Morgan fingerprint density at radius 3 is 2.41 bits per heavy atom. The minimum Gasteiger partial charge on any atom is -0.485 e. The highest BCUT2D eigenvalue weighted by molar-refractivity contribution is 6.31. The topological polar surface area (TPSA) is 30.3 Å². The largest absolute Gasteiger partial charge is 0.485 e. The van der Waals surface area contributed by atoms with Crippen LogP contribution in [0.3, 0.4) is 0 Å². The number of fused-ring (bicyclic) bond motifs is 1. The van der Waals surface area contributed by atoms with E-state index in [9.17, 15) is 0 Å². The predicted octanol–water partition coefficient (Wildman–Crippen LogP) is 7.18. The number of aromatic nitrogens is 2. The maximum absolute atomic E-state index is 6.33. The van der Waals surface area contributed by atoms with Crippen LogP contribution < -0.4 is 4.74 Å². The summed E-state index contributed by atoms with van der Waals surface area (Å²) >= 11 is 6.33. The van der Waals surface area contributed by atoms with E-state index in [0.717, 1.165) is 47.1 Å². The molecule has 0 spiro atoms. The van der Waals surface area contributed by atoms with E-state index in [1.807, 2.05) is 30.3 Å². The van der Waals surface area contributed by atoms with Gasteiger partial charge in [0.2, 0.25) is 0 Å². The van der Waals surface area contributed by atoms with Crippen LogP contribution in [0.25, 0.3) is 11.0 Å². The molecule has 3 rings (SSSR count). The molecule has 0 atom stereocenters. The molecule has 0 aliphatic rings. The Hall–Kier alpha value is -2.04. The van der Waals surface area contributed by atoms with Crippen LogP contribution in [0.4, 0.5) is 0 Å². The lowest BCUT2D eigenvalue weighted by molar-refractivity contribution is 0.254. The standard InChI is InChI=1S/C27H38ClN3O/c1-5-7-15-30(16-8-6-2)17-10-18-31-25-19-23(28)13-14-24(25)29-27(31)20-32-26-12-9-11-21(3)22(26)4/h9,11-14,19H,5-8,10,15-18,20H2,1-4H3. The SMILES string of the molecule is CCCCN(CCCC)CCCn1c(COc2cccc(C)c2C)nc2ccc(Cl)cc21. The van der Waals surface area contributed by atoms with Gasteiger partial charge in [-0.05, 0) is 88.1 Å². The average molecular weight is 456 g/mol. The summed E-state index contributed by atoms with van der Waals surface area (Å²) in [6.45, 7) is 13.6. The molecule has 0 aliphatic heterocycles. The highest BCUT2D eigenvalue weighted by Gasteiger charge is 2.14. The van der Waals surface area contributed by atoms with Crippen LogP contribution in [0.15, 0.2) is 36.4 Å². The summed E-state index contributed by atoms with van der Waals surface area (Å²) in [4.78, 5) is 7.50. The van der Waals surface area contributed by atoms with Gasteiger partial charge in [0, 0.05) is 11.6 Å². The van der Waals surface area contributed by atoms with E-state index >= 15 is 0 Å². The monoisotopic (exact) mass is 455 g/mol. The van der Waals surface area contributed by atoms with Crippen LogP contribution in [0.2, 0.25) is 5.02 Å². The fourth-order valence-corrected chi connectivity index (χ4v) is 4.25. The fraction of sp³-hybridized carbons (Fsp3) is 0.519. The van der Waals surface area contributed by atoms with Gasteiger partial charge in [0.05, 0.1) is 11.0 Å². The van der Waals surface area contributed by atoms with E-state index in [-0.39, 0.29) is 0 Å². The molecule has 0 amide bonds. The Morgan fingerprint density at radius 2 is 1.69 bits per heavy atom. The smallest absolute Gasteiger partial charge is 0.147 e. The first-order valence-corrected chi connectivity index (χ1v) is 12.5. The summed E-state index contributed by atoms with van der Waals surface area (Å²) in [5, 5.41) is 0.744. The molecule has 0 bridgehead atoms. The highest BCUT2D eigenvalue weighted by atomic mass is 35.5. The third-order valence-corrected chi connectivity index (χ3v) is 6.45. The lowest BCUT2D eigenvalue weighted by Crippen LogP contribution is -2.28. The van der Waals surface area contributed by atoms with Gasteiger partial charge in [0.25, 0.3) is 0 Å². The molecule has 4 nitrogen and oxygen atoms in total. The first kappa shape index (κ1) is 24.6. The summed E-state index contributed by atoms with van der Waals surface area (Å²) in [7, 11) is 0. The molecule has 0 aliphatic carbocycles. The number of hydrogen-bond donors (Lipinski definition) is 0. The zero-order chi connectivity index (χ0) is 22.9. The Morgan fingerprint density at radius 1 is 0.969 bits per heavy atom. The van der Waals surface area contributed by atoms with Crippen LogP contribution in [-0.4, -0.2) is 34.1 Å². The number of imidazole rings is 1. The van der Waals surface area contributed by atoms with Crippen molar-refractivity contribution in [3.8, 4) is 5.75 Å². The van der Waals surface area contributed by atoms with Crippen LogP contribution in [0.5, 0.6) is 5.75 Å². The second kappa shape index (κ2) is 12.3. The Kier molecular flexibility index (Phi) is 9.43. The van der Waals surface area contributed by atoms with Gasteiger partial charge in [-0.1, -0.05) is 50.4 Å². The quantitative estimate of drug-likeness (QED) is 0.273. The normalized spacial score (nSPS) is 11.6. The van der Waals surface area contributed by atoms with E-state index in [0.29, 0.717) is 6.61 Å². The predicted molar refractivity (Wildman–Crippen MR) is 136 cm³/mol. The zero-order valence-corrected chi connectivity index (χ0v) is 20.9. The van der Waals surface area contributed by atoms with Crippen molar-refractivity contribution in [2.75, 3.05) is 19.6 Å². The van der Waals surface area contributed by atoms with Gasteiger partial charge in [0.15, 0.2) is 0 Å². The minimum absolute atomic E-state index is 0.450. The molecule has 3 aromatic rings. The Bertz CT molecular complexity index is 990. The molecule has 0 unspecified atom stereocenters. The van der Waals surface area contributed by atoms with Crippen LogP contribution in [-0.2, 0) is 13.2 Å². The van der Waals surface area contributed by atoms with Crippen LogP contribution >= 0.6 is 11.6 Å². The molecule has 2 aromatic carbocycles. The molecule has 174 valence electrons. The van der Waals surface area contributed by atoms with Crippen LogP contribution in [0.1, 0.15) is 62.9 Å². The number of halogens is 1. The van der Waals surface area contributed by atoms with E-state index in [2.05, 4.69) is 43.2 Å². The summed E-state index contributed by atoms with van der Waals surface area (Å²) in [5.41, 5.74) is 4.48. The molecule has 32 heavy (non-hydrogen) atoms. The van der Waals surface area contributed by atoms with Gasteiger partial charge in [-0.2, -0.15) is 0 Å². The minimum atomic E-state index is 0.450. The third-order valence-electron chi connectivity index (χ3n) is 6.21. The van der Waals surface area contributed by atoms with Crippen molar-refractivity contribution in [2.24, 2.45) is 0 Å². The summed E-state index contributed by atoms with van der Waals surface area (Å²) in [6.07, 6.45) is 6.10. The number of rotatable bonds is 13. The molecule has 0 fully saturated rings. The van der Waals surface area contributed by atoms with Gasteiger partial charge in [-0.25, -0.2) is 4.98 Å². The van der Waals surface area contributed by atoms with Gasteiger partial charge in [-0.15, -0.1) is 0 Å². The van der Waals surface area contributed by atoms with Crippen molar-refractivity contribution < 1.29 is 4.74 Å². The van der Waals surface area contributed by atoms with Crippen molar-refractivity contribution >= 4 is 22.6 Å². The Labute approximate surface area is 198 Å². The Balaban J connectivity index is 1.75. The second-order valence-corrected chi connectivity index (χ2v) is 9.14. The lowest BCUT2D eigenvalue weighted by Gasteiger charge is -2.22. The van der Waals surface area contributed by atoms with Gasteiger partial charge in [-0.3, -0.25) is 0 Å². The molecular formula is C27H38ClN3O. The van der Waals surface area contributed by atoms with Crippen LogP contribution in [0, 0.1) is 13.8 Å². The summed E-state index contributed by atoms with van der Waals surface area (Å²) in [5.74, 6) is 1.88. The van der Waals surface area contributed by atoms with Crippen molar-refractivity contribution in [1.82, 2.24) is 14.5 Å². The van der Waals surface area contributed by atoms with Crippen molar-refractivity contribution in [3.63, 3.8) is 0 Å². The van der Waals surface area contributed by atoms with Gasteiger partial charge >= 0.3 is 0 Å². The lowest BCUT2D eigenvalue weighted by atomic mass is 10.1. The maximum Gasteiger partial charge on any atom is 0.147 e. The van der Waals surface area contributed by atoms with Crippen molar-refractivity contribution in [2.45, 2.75) is 73.0 Å². The molecule has 0 saturated carbocycles. The van der Waals surface area contributed by atoms with E-state index < -0.39 is 0 Å². The van der Waals surface area contributed by atoms with Crippen molar-refractivity contribution in [3.05, 3.63) is 58.4 Å². The molecule has 0 radical (unpaired) electrons. The second-order valence-electron chi connectivity index (χ2n) is 8.70. The summed E-state index contributed by atoms with van der Waals surface area (Å²) < 4.78 is 8.51. The molecule has 1 heterocycles. The van der Waals surface area contributed by atoms with Gasteiger partial charge < -0.3 is 14.2 Å². The first-order valence-electron chi connectivity index (χ1n) is 12.1. The average Bonchev–Trinajstić information content (AvgIpc) is 3.12. The third kappa shape index (κ3) is 6.49. The number of benzene rings is 2. The zero-order valence-electron chi connectivity index (χ0n) is 20.2. The van der Waals surface area contributed by atoms with E-state index in [1.165, 1.54) is 49.9 Å². The molecule has 0 saturated heterocycles. The van der Waals surface area contributed by atoms with E-state index in [4.69, 9.17) is 21.3 Å². The summed E-state index contributed by atoms with van der Waals surface area (Å²) in [6, 6.07) is 12.1. The number of nitrogens with zero attached hydrogens (tertiary/aromatic N) is 3.